The van der Waals surface area contributed by atoms with Crippen molar-refractivity contribution in [2.75, 3.05) is 32.3 Å². The summed E-state index contributed by atoms with van der Waals surface area (Å²) in [5, 5.41) is 2.62. The first-order valence-electron chi connectivity index (χ1n) is 18.1. The van der Waals surface area contributed by atoms with Crippen LogP contribution in [-0.4, -0.2) is 65.1 Å². The number of carbonyl (C=O) groups is 2. The molecular formula is C37H60N4O7S. The van der Waals surface area contributed by atoms with Crippen molar-refractivity contribution in [1.82, 2.24) is 15.0 Å². The molecule has 2 amide bonds. The van der Waals surface area contributed by atoms with Gasteiger partial charge in [0.05, 0.1) is 4.90 Å². The molecule has 2 unspecified atom stereocenters. The standard InChI is InChI=1S/C37H60N4O7S/c1-5-7-8-9-10-11-12-13-14-15-16-17-24-32(22-6-2)40-49(44,45)34-25-19-18-23-31(34)28-39-36(42)47-29-33(46-4)30-48-37(43)41(3)35-26-20-21-27-38-35/h18-21,23,25-27,32-33,40H,5-17,22,24,28-30H2,1-4H3,(H,39,42). The second-order valence-electron chi connectivity index (χ2n) is 12.5. The highest BCUT2D eigenvalue weighted by Crippen LogP contribution is 2.19. The van der Waals surface area contributed by atoms with Crippen molar-refractivity contribution >= 4 is 28.0 Å². The van der Waals surface area contributed by atoms with Crippen molar-refractivity contribution in [2.45, 2.75) is 134 Å². The third kappa shape index (κ3) is 17.3. The second-order valence-corrected chi connectivity index (χ2v) is 14.2. The molecule has 0 spiro atoms. The molecule has 2 atom stereocenters. The molecule has 2 rings (SSSR count). The molecule has 1 heterocycles. The topological polar surface area (TPSA) is 136 Å². The van der Waals surface area contributed by atoms with Crippen LogP contribution >= 0.6 is 0 Å². The highest BCUT2D eigenvalue weighted by atomic mass is 32.2. The number of alkyl carbamates (subject to hydrolysis) is 1. The summed E-state index contributed by atoms with van der Waals surface area (Å²) in [6.07, 6.45) is 17.1. The van der Waals surface area contributed by atoms with Gasteiger partial charge in [0, 0.05) is 32.9 Å². The van der Waals surface area contributed by atoms with Gasteiger partial charge in [-0.1, -0.05) is 122 Å². The van der Waals surface area contributed by atoms with Gasteiger partial charge in [0.25, 0.3) is 0 Å². The molecule has 0 radical (unpaired) electrons. The number of nitrogens with zero attached hydrogens (tertiary/aromatic N) is 2. The number of rotatable bonds is 26. The summed E-state index contributed by atoms with van der Waals surface area (Å²) in [6, 6.07) is 11.6. The predicted molar refractivity (Wildman–Crippen MR) is 194 cm³/mol. The fraction of sp³-hybridized carbons (Fsp3) is 0.649. The number of methoxy groups -OCH3 is 1. The van der Waals surface area contributed by atoms with Crippen LogP contribution in [0.4, 0.5) is 15.4 Å². The lowest BCUT2D eigenvalue weighted by atomic mass is 10.0. The van der Waals surface area contributed by atoms with E-state index in [0.717, 1.165) is 32.1 Å². The summed E-state index contributed by atoms with van der Waals surface area (Å²) >= 11 is 0. The van der Waals surface area contributed by atoms with E-state index in [4.69, 9.17) is 14.2 Å². The van der Waals surface area contributed by atoms with Gasteiger partial charge in [0.1, 0.15) is 25.1 Å². The Balaban J connectivity index is 1.77. The van der Waals surface area contributed by atoms with Crippen molar-refractivity contribution in [1.29, 1.82) is 0 Å². The lowest BCUT2D eigenvalue weighted by Crippen LogP contribution is -2.36. The van der Waals surface area contributed by atoms with Gasteiger partial charge in [-0.05, 0) is 36.6 Å². The number of ether oxygens (including phenoxy) is 3. The Labute approximate surface area is 294 Å². The molecule has 0 bridgehead atoms. The molecule has 0 aliphatic carbocycles. The summed E-state index contributed by atoms with van der Waals surface area (Å²) in [6.45, 7) is 3.94. The van der Waals surface area contributed by atoms with Gasteiger partial charge in [-0.25, -0.2) is 27.7 Å². The van der Waals surface area contributed by atoms with Gasteiger partial charge in [-0.3, -0.25) is 4.90 Å². The maximum absolute atomic E-state index is 13.5. The molecule has 0 saturated heterocycles. The van der Waals surface area contributed by atoms with Crippen molar-refractivity contribution in [3.05, 3.63) is 54.2 Å². The largest absolute Gasteiger partial charge is 0.447 e. The number of anilines is 1. The van der Waals surface area contributed by atoms with Crippen LogP contribution in [0.1, 0.15) is 116 Å². The smallest absolute Gasteiger partial charge is 0.415 e. The van der Waals surface area contributed by atoms with E-state index in [-0.39, 0.29) is 30.7 Å². The average molecular weight is 705 g/mol. The zero-order chi connectivity index (χ0) is 35.7. The lowest BCUT2D eigenvalue weighted by molar-refractivity contribution is -0.00322. The van der Waals surface area contributed by atoms with Crippen LogP contribution in [0.25, 0.3) is 0 Å². The Hall–Kier alpha value is -3.22. The Morgan fingerprint density at radius 2 is 1.41 bits per heavy atom. The van der Waals surface area contributed by atoms with E-state index in [1.165, 1.54) is 83.3 Å². The van der Waals surface area contributed by atoms with E-state index < -0.39 is 28.3 Å². The number of hydrogen-bond acceptors (Lipinski definition) is 8. The van der Waals surface area contributed by atoms with E-state index in [2.05, 4.69) is 28.9 Å². The first-order valence-corrected chi connectivity index (χ1v) is 19.5. The van der Waals surface area contributed by atoms with Crippen LogP contribution in [0.5, 0.6) is 0 Å². The number of aromatic nitrogens is 1. The van der Waals surface area contributed by atoms with E-state index in [1.54, 1.807) is 48.7 Å². The number of unbranched alkanes of at least 4 members (excludes halogenated alkanes) is 11. The van der Waals surface area contributed by atoms with Gasteiger partial charge in [0.2, 0.25) is 10.0 Å². The normalized spacial score (nSPS) is 12.7. The first kappa shape index (κ1) is 41.9. The minimum atomic E-state index is -3.82. The maximum atomic E-state index is 13.5. The van der Waals surface area contributed by atoms with E-state index in [1.807, 2.05) is 0 Å². The van der Waals surface area contributed by atoms with Crippen molar-refractivity contribution in [2.24, 2.45) is 0 Å². The van der Waals surface area contributed by atoms with Gasteiger partial charge in [-0.15, -0.1) is 0 Å². The summed E-state index contributed by atoms with van der Waals surface area (Å²) in [7, 11) is -0.865. The molecule has 11 nitrogen and oxygen atoms in total. The van der Waals surface area contributed by atoms with Crippen molar-refractivity contribution in [3.63, 3.8) is 0 Å². The minimum absolute atomic E-state index is 0.0470. The first-order chi connectivity index (χ1) is 23.7. The molecule has 0 fully saturated rings. The zero-order valence-electron chi connectivity index (χ0n) is 30.2. The summed E-state index contributed by atoms with van der Waals surface area (Å²) in [4.78, 5) is 30.4. The number of sulfonamides is 1. The number of benzene rings is 1. The molecule has 12 heteroatoms. The van der Waals surface area contributed by atoms with Gasteiger partial charge in [0.15, 0.2) is 0 Å². The highest BCUT2D eigenvalue weighted by molar-refractivity contribution is 7.89. The summed E-state index contributed by atoms with van der Waals surface area (Å²) in [5.41, 5.74) is 0.447. The third-order valence-corrected chi connectivity index (χ3v) is 10.1. The Bertz CT molecular complexity index is 1300. The number of amides is 2. The number of hydrogen-bond donors (Lipinski definition) is 2. The van der Waals surface area contributed by atoms with Crippen molar-refractivity contribution < 1.29 is 32.2 Å². The van der Waals surface area contributed by atoms with Gasteiger partial charge >= 0.3 is 12.2 Å². The fourth-order valence-electron chi connectivity index (χ4n) is 5.52. The Kier molecular flexibility index (Phi) is 21.3. The average Bonchev–Trinajstić information content (AvgIpc) is 3.11. The number of pyridine rings is 1. The number of carbonyl (C=O) groups excluding carboxylic acids is 2. The molecule has 1 aromatic heterocycles. The summed E-state index contributed by atoms with van der Waals surface area (Å²) < 4.78 is 45.8. The molecule has 0 saturated carbocycles. The quantitative estimate of drug-likeness (QED) is 0.0937. The second kappa shape index (κ2) is 24.8. The van der Waals surface area contributed by atoms with Gasteiger partial charge in [-0.2, -0.15) is 0 Å². The van der Waals surface area contributed by atoms with E-state index in [9.17, 15) is 18.0 Å². The molecule has 276 valence electrons. The third-order valence-electron chi connectivity index (χ3n) is 8.44. The van der Waals surface area contributed by atoms with Crippen LogP contribution in [0.2, 0.25) is 0 Å². The van der Waals surface area contributed by atoms with Gasteiger partial charge < -0.3 is 19.5 Å². The Morgan fingerprint density at radius 3 is 2.02 bits per heavy atom. The summed E-state index contributed by atoms with van der Waals surface area (Å²) in [5.74, 6) is 0.426. The van der Waals surface area contributed by atoms with E-state index in [0.29, 0.717) is 11.4 Å². The molecule has 0 aliphatic heterocycles. The van der Waals surface area contributed by atoms with Crippen LogP contribution in [0.3, 0.4) is 0 Å². The highest BCUT2D eigenvalue weighted by Gasteiger charge is 2.23. The molecule has 1 aromatic carbocycles. The zero-order valence-corrected chi connectivity index (χ0v) is 31.0. The fourth-order valence-corrected chi connectivity index (χ4v) is 7.06. The van der Waals surface area contributed by atoms with E-state index >= 15 is 0 Å². The monoisotopic (exact) mass is 704 g/mol. The predicted octanol–water partition coefficient (Wildman–Crippen LogP) is 8.13. The van der Waals surface area contributed by atoms with Crippen molar-refractivity contribution in [3.8, 4) is 0 Å². The SMILES string of the molecule is CCCCCCCCCCCCCCC(CCC)NS(=O)(=O)c1ccccc1CNC(=O)OCC(COC(=O)N(C)c1ccccn1)OC. The van der Waals surface area contributed by atoms with Crippen LogP contribution in [0, 0.1) is 0 Å². The van der Waals surface area contributed by atoms with Crippen LogP contribution in [0.15, 0.2) is 53.6 Å². The molecule has 2 aromatic rings. The Morgan fingerprint density at radius 1 is 0.796 bits per heavy atom. The van der Waals surface area contributed by atoms with Crippen LogP contribution in [-0.2, 0) is 30.8 Å². The molecule has 0 aliphatic rings. The minimum Gasteiger partial charge on any atom is -0.447 e. The van der Waals surface area contributed by atoms with Crippen LogP contribution < -0.4 is 14.9 Å². The molecule has 49 heavy (non-hydrogen) atoms. The lowest BCUT2D eigenvalue weighted by Gasteiger charge is -2.20. The molecular weight excluding hydrogens is 644 g/mol. The number of nitrogens with one attached hydrogen (secondary N) is 2. The molecule has 2 N–H and O–H groups in total. The maximum Gasteiger partial charge on any atom is 0.415 e.